The largest absolute Gasteiger partial charge is 0.309 e. The smallest absolute Gasteiger partial charge is 0.233 e. The fourth-order valence-electron chi connectivity index (χ4n) is 4.08. The monoisotopic (exact) mass is 449 g/mol. The lowest BCUT2D eigenvalue weighted by molar-refractivity contribution is -0.118. The van der Waals surface area contributed by atoms with E-state index in [4.69, 9.17) is 0 Å². The van der Waals surface area contributed by atoms with Gasteiger partial charge in [0.15, 0.2) is 15.7 Å². The molecule has 0 saturated heterocycles. The van der Waals surface area contributed by atoms with E-state index in [2.05, 4.69) is 15.3 Å². The molecule has 1 N–H and O–H groups in total. The Hall–Kier alpha value is -2.42. The Balaban J connectivity index is 1.56. The van der Waals surface area contributed by atoms with Crippen molar-refractivity contribution in [1.29, 1.82) is 0 Å². The molecule has 1 aromatic heterocycles. The first-order valence-electron chi connectivity index (χ1n) is 10.5. The number of nitrogens with one attached hydrogen (secondary N) is 1. The van der Waals surface area contributed by atoms with Gasteiger partial charge >= 0.3 is 0 Å². The lowest BCUT2D eigenvalue weighted by Crippen LogP contribution is -2.24. The number of nitrogens with zero attached hydrogens (tertiary/aromatic N) is 2. The normalized spacial score (nSPS) is 24.7. The van der Waals surface area contributed by atoms with E-state index in [1.165, 1.54) is 24.5 Å². The van der Waals surface area contributed by atoms with E-state index < -0.39 is 28.1 Å². The molecule has 1 aromatic carbocycles. The molecule has 2 aliphatic carbocycles. The Bertz CT molecular complexity index is 1030. The van der Waals surface area contributed by atoms with Gasteiger partial charge in [0.25, 0.3) is 0 Å². The van der Waals surface area contributed by atoms with Crippen LogP contribution in [0.15, 0.2) is 41.6 Å². The SMILES string of the molecule is Cc1cnc(NC(=O)C(CC2CC(F)C(F)C2)c2ccc(S(=O)(=O)C3CC3)cc2)cn1. The second-order valence-corrected chi connectivity index (χ2v) is 10.7. The maximum atomic E-state index is 13.7. The average Bonchev–Trinajstić information content (AvgIpc) is 3.55. The molecule has 9 heteroatoms. The summed E-state index contributed by atoms with van der Waals surface area (Å²) in [5, 5.41) is 2.40. The van der Waals surface area contributed by atoms with Crippen molar-refractivity contribution in [2.45, 2.75) is 67.4 Å². The quantitative estimate of drug-likeness (QED) is 0.692. The zero-order valence-electron chi connectivity index (χ0n) is 17.2. The van der Waals surface area contributed by atoms with Crippen LogP contribution in [0.1, 0.15) is 49.3 Å². The van der Waals surface area contributed by atoms with E-state index in [9.17, 15) is 22.0 Å². The molecule has 3 unspecified atom stereocenters. The van der Waals surface area contributed by atoms with Crippen molar-refractivity contribution in [2.75, 3.05) is 5.32 Å². The first-order valence-corrected chi connectivity index (χ1v) is 12.0. The summed E-state index contributed by atoms with van der Waals surface area (Å²) in [6, 6.07) is 6.27. The van der Waals surface area contributed by atoms with Gasteiger partial charge in [0.1, 0.15) is 12.3 Å². The predicted molar refractivity (Wildman–Crippen MR) is 112 cm³/mol. The van der Waals surface area contributed by atoms with E-state index in [0.717, 1.165) is 0 Å². The minimum Gasteiger partial charge on any atom is -0.309 e. The molecule has 0 spiro atoms. The number of halogens is 2. The number of anilines is 1. The second-order valence-electron chi connectivity index (χ2n) is 8.50. The Labute approximate surface area is 180 Å². The first kappa shape index (κ1) is 21.8. The van der Waals surface area contributed by atoms with Gasteiger partial charge in [0, 0.05) is 0 Å². The van der Waals surface area contributed by atoms with E-state index in [0.29, 0.717) is 24.1 Å². The van der Waals surface area contributed by atoms with Crippen molar-refractivity contribution in [2.24, 2.45) is 5.92 Å². The minimum absolute atomic E-state index is 0.0728. The minimum atomic E-state index is -3.34. The highest BCUT2D eigenvalue weighted by molar-refractivity contribution is 7.92. The van der Waals surface area contributed by atoms with Gasteiger partial charge in [0.05, 0.1) is 34.2 Å². The molecule has 31 heavy (non-hydrogen) atoms. The van der Waals surface area contributed by atoms with Gasteiger partial charge in [-0.1, -0.05) is 12.1 Å². The first-order chi connectivity index (χ1) is 14.7. The van der Waals surface area contributed by atoms with Gasteiger partial charge in [-0.05, 0) is 62.6 Å². The van der Waals surface area contributed by atoms with Crippen LogP contribution >= 0.6 is 0 Å². The van der Waals surface area contributed by atoms with Crippen LogP contribution in [0.2, 0.25) is 0 Å². The number of carbonyl (C=O) groups excluding carboxylic acids is 1. The molecule has 4 rings (SSSR count). The van der Waals surface area contributed by atoms with Crippen molar-refractivity contribution in [1.82, 2.24) is 9.97 Å². The highest BCUT2D eigenvalue weighted by Crippen LogP contribution is 2.39. The number of hydrogen-bond acceptors (Lipinski definition) is 5. The van der Waals surface area contributed by atoms with E-state index in [-0.39, 0.29) is 47.1 Å². The van der Waals surface area contributed by atoms with Crippen LogP contribution in [0.3, 0.4) is 0 Å². The van der Waals surface area contributed by atoms with Gasteiger partial charge < -0.3 is 5.32 Å². The molecule has 166 valence electrons. The number of rotatable bonds is 7. The number of aromatic nitrogens is 2. The molecule has 1 amide bonds. The molecule has 1 heterocycles. The number of alkyl halides is 2. The van der Waals surface area contributed by atoms with Crippen molar-refractivity contribution in [3.05, 3.63) is 47.9 Å². The van der Waals surface area contributed by atoms with Crippen LogP contribution in [0.25, 0.3) is 0 Å². The molecule has 2 aromatic rings. The highest BCUT2D eigenvalue weighted by Gasteiger charge is 2.38. The number of amides is 1. The van der Waals surface area contributed by atoms with E-state index in [1.807, 2.05) is 0 Å². The topological polar surface area (TPSA) is 89.0 Å². The van der Waals surface area contributed by atoms with Crippen LogP contribution in [0.5, 0.6) is 0 Å². The molecule has 0 aliphatic heterocycles. The van der Waals surface area contributed by atoms with Crippen molar-refractivity contribution >= 4 is 21.6 Å². The van der Waals surface area contributed by atoms with Gasteiger partial charge in [-0.15, -0.1) is 0 Å². The molecule has 3 atom stereocenters. The Kier molecular flexibility index (Phi) is 6.05. The zero-order chi connectivity index (χ0) is 22.2. The molecule has 0 bridgehead atoms. The fraction of sp³-hybridized carbons (Fsp3) is 0.500. The van der Waals surface area contributed by atoms with Gasteiger partial charge in [-0.3, -0.25) is 9.78 Å². The molecule has 2 fully saturated rings. The summed E-state index contributed by atoms with van der Waals surface area (Å²) >= 11 is 0. The van der Waals surface area contributed by atoms with Crippen LogP contribution < -0.4 is 5.32 Å². The van der Waals surface area contributed by atoms with E-state index >= 15 is 0 Å². The summed E-state index contributed by atoms with van der Waals surface area (Å²) in [4.78, 5) is 21.5. The Morgan fingerprint density at radius 1 is 1.10 bits per heavy atom. The van der Waals surface area contributed by atoms with Crippen LogP contribution in [-0.2, 0) is 14.6 Å². The van der Waals surface area contributed by atoms with E-state index in [1.54, 1.807) is 19.1 Å². The summed E-state index contributed by atoms with van der Waals surface area (Å²) in [7, 11) is -3.34. The average molecular weight is 450 g/mol. The molecular formula is C22H25F2N3O3S. The maximum absolute atomic E-state index is 13.7. The number of sulfone groups is 1. The summed E-state index contributed by atoms with van der Waals surface area (Å²) in [6.07, 6.45) is 1.70. The third kappa shape index (κ3) is 4.92. The summed E-state index contributed by atoms with van der Waals surface area (Å²) in [6.45, 7) is 1.78. The highest BCUT2D eigenvalue weighted by atomic mass is 32.2. The lowest BCUT2D eigenvalue weighted by atomic mass is 9.87. The van der Waals surface area contributed by atoms with Crippen molar-refractivity contribution < 1.29 is 22.0 Å². The van der Waals surface area contributed by atoms with Crippen molar-refractivity contribution in [3.8, 4) is 0 Å². The summed E-state index contributed by atoms with van der Waals surface area (Å²) in [5.74, 6) is -1.05. The standard InChI is InChI=1S/C22H25F2N3O3S/c1-13-11-26-21(12-25-13)27-22(28)18(8-14-9-19(23)20(24)10-14)15-2-4-16(5-3-15)31(29,30)17-6-7-17/h2-5,11-12,14,17-20H,6-10H2,1H3,(H,26,27,28). The summed E-state index contributed by atoms with van der Waals surface area (Å²) in [5.41, 5.74) is 1.31. The molecule has 6 nitrogen and oxygen atoms in total. The third-order valence-electron chi connectivity index (χ3n) is 6.00. The third-order valence-corrected chi connectivity index (χ3v) is 8.28. The zero-order valence-corrected chi connectivity index (χ0v) is 18.0. The number of aryl methyl sites for hydroxylation is 1. The number of hydrogen-bond donors (Lipinski definition) is 1. The van der Waals surface area contributed by atoms with Crippen LogP contribution in [0, 0.1) is 12.8 Å². The molecular weight excluding hydrogens is 424 g/mol. The number of benzene rings is 1. The van der Waals surface area contributed by atoms with Gasteiger partial charge in [0.2, 0.25) is 5.91 Å². The van der Waals surface area contributed by atoms with Gasteiger partial charge in [-0.2, -0.15) is 0 Å². The lowest BCUT2D eigenvalue weighted by Gasteiger charge is -2.20. The molecule has 0 radical (unpaired) electrons. The Morgan fingerprint density at radius 3 is 2.29 bits per heavy atom. The number of carbonyl (C=O) groups is 1. The van der Waals surface area contributed by atoms with Crippen LogP contribution in [-0.4, -0.2) is 41.9 Å². The van der Waals surface area contributed by atoms with Gasteiger partial charge in [-0.25, -0.2) is 22.2 Å². The molecule has 2 saturated carbocycles. The Morgan fingerprint density at radius 2 is 1.74 bits per heavy atom. The molecule has 2 aliphatic rings. The second kappa shape index (κ2) is 8.61. The van der Waals surface area contributed by atoms with Crippen molar-refractivity contribution in [3.63, 3.8) is 0 Å². The maximum Gasteiger partial charge on any atom is 0.233 e. The summed E-state index contributed by atoms with van der Waals surface area (Å²) < 4.78 is 52.3. The fourth-order valence-corrected chi connectivity index (χ4v) is 5.74. The predicted octanol–water partition coefficient (Wildman–Crippen LogP) is 3.92. The van der Waals surface area contributed by atoms with Crippen LogP contribution in [0.4, 0.5) is 14.6 Å².